The van der Waals surface area contributed by atoms with Crippen LogP contribution in [-0.4, -0.2) is 50.1 Å². The summed E-state index contributed by atoms with van der Waals surface area (Å²) in [6.07, 6.45) is 0. The molecule has 0 aliphatic heterocycles. The Morgan fingerprint density at radius 2 is 1.85 bits per heavy atom. The molecule has 0 saturated heterocycles. The van der Waals surface area contributed by atoms with Gasteiger partial charge in [-0.15, -0.1) is 0 Å². The molecule has 1 atom stereocenters. The molecule has 0 aliphatic carbocycles. The molecule has 0 saturated carbocycles. The predicted molar refractivity (Wildman–Crippen MR) is 118 cm³/mol. The molecule has 0 fully saturated rings. The van der Waals surface area contributed by atoms with Crippen molar-refractivity contribution in [2.24, 2.45) is 0 Å². The van der Waals surface area contributed by atoms with Gasteiger partial charge in [-0.25, -0.2) is 0 Å². The molecule has 1 unspecified atom stereocenters. The van der Waals surface area contributed by atoms with Gasteiger partial charge in [0.2, 0.25) is 0 Å². The predicted octanol–water partition coefficient (Wildman–Crippen LogP) is 2.42. The summed E-state index contributed by atoms with van der Waals surface area (Å²) >= 11 is 5.70. The zero-order chi connectivity index (χ0) is 24.5. The van der Waals surface area contributed by atoms with E-state index in [1.165, 1.54) is 26.4 Å². The second kappa shape index (κ2) is 11.7. The van der Waals surface area contributed by atoms with Gasteiger partial charge in [0.1, 0.15) is 23.1 Å². The molecule has 0 aliphatic rings. The lowest BCUT2D eigenvalue weighted by Crippen LogP contribution is -2.34. The van der Waals surface area contributed by atoms with Crippen LogP contribution in [0.25, 0.3) is 0 Å². The number of methoxy groups -OCH3 is 2. The van der Waals surface area contributed by atoms with Gasteiger partial charge in [0.15, 0.2) is 6.61 Å². The largest absolute Gasteiger partial charge is 0.497 e. The Bertz CT molecular complexity index is 1060. The van der Waals surface area contributed by atoms with Crippen molar-refractivity contribution in [1.82, 2.24) is 10.6 Å². The minimum Gasteiger partial charge on any atom is -0.497 e. The lowest BCUT2D eigenvalue weighted by atomic mass is 10.1. The molecule has 2 amide bonds. The van der Waals surface area contributed by atoms with Crippen LogP contribution in [0.2, 0.25) is 5.02 Å². The molecule has 0 radical (unpaired) electrons. The highest BCUT2D eigenvalue weighted by Gasteiger charge is 2.18. The standard InChI is InChI=1S/C21H22ClN3O8/c1-12(15-9-14(31-2)5-7-18(15)32-3)24-19(26)11-33-20(27)10-23-21(28)13-4-6-16(22)17(8-13)25(29)30/h4-9,12H,10-11H2,1-3H3,(H,23,28)(H,24,26). The number of ether oxygens (including phenoxy) is 3. The van der Waals surface area contributed by atoms with E-state index < -0.39 is 47.6 Å². The fourth-order valence-corrected chi connectivity index (χ4v) is 2.97. The van der Waals surface area contributed by atoms with Gasteiger partial charge in [0, 0.05) is 17.2 Å². The first-order valence-corrected chi connectivity index (χ1v) is 9.93. The quantitative estimate of drug-likeness (QED) is 0.300. The molecule has 2 rings (SSSR count). The molecule has 11 nitrogen and oxygen atoms in total. The third-order valence-corrected chi connectivity index (χ3v) is 4.76. The minimum atomic E-state index is -0.867. The van der Waals surface area contributed by atoms with Crippen molar-refractivity contribution in [2.75, 3.05) is 27.4 Å². The molecule has 2 aromatic carbocycles. The lowest BCUT2D eigenvalue weighted by Gasteiger charge is -2.18. The molecule has 0 aromatic heterocycles. The van der Waals surface area contributed by atoms with Gasteiger partial charge in [-0.1, -0.05) is 11.6 Å². The van der Waals surface area contributed by atoms with E-state index in [-0.39, 0.29) is 10.6 Å². The summed E-state index contributed by atoms with van der Waals surface area (Å²) in [4.78, 5) is 46.3. The van der Waals surface area contributed by atoms with Crippen molar-refractivity contribution in [3.8, 4) is 11.5 Å². The zero-order valence-corrected chi connectivity index (χ0v) is 18.8. The molecular formula is C21H22ClN3O8. The molecule has 176 valence electrons. The van der Waals surface area contributed by atoms with Gasteiger partial charge in [-0.3, -0.25) is 24.5 Å². The number of halogens is 1. The molecule has 2 aromatic rings. The number of nitro groups is 1. The van der Waals surface area contributed by atoms with Gasteiger partial charge < -0.3 is 24.8 Å². The van der Waals surface area contributed by atoms with Crippen molar-refractivity contribution in [3.63, 3.8) is 0 Å². The topological polar surface area (TPSA) is 146 Å². The lowest BCUT2D eigenvalue weighted by molar-refractivity contribution is -0.384. The number of rotatable bonds is 10. The average Bonchev–Trinajstić information content (AvgIpc) is 2.80. The van der Waals surface area contributed by atoms with Crippen molar-refractivity contribution in [3.05, 3.63) is 62.7 Å². The fourth-order valence-electron chi connectivity index (χ4n) is 2.78. The summed E-state index contributed by atoms with van der Waals surface area (Å²) in [5.41, 5.74) is 0.170. The van der Waals surface area contributed by atoms with E-state index in [1.807, 2.05) is 0 Å². The van der Waals surface area contributed by atoms with E-state index in [0.717, 1.165) is 6.07 Å². The summed E-state index contributed by atoms with van der Waals surface area (Å²) < 4.78 is 15.3. The zero-order valence-electron chi connectivity index (χ0n) is 18.0. The van der Waals surface area contributed by atoms with Gasteiger partial charge in [-0.05, 0) is 37.3 Å². The Kier molecular flexibility index (Phi) is 8.98. The van der Waals surface area contributed by atoms with E-state index in [0.29, 0.717) is 17.1 Å². The molecule has 2 N–H and O–H groups in total. The summed E-state index contributed by atoms with van der Waals surface area (Å²) in [5, 5.41) is 15.7. The maximum absolute atomic E-state index is 12.2. The Morgan fingerprint density at radius 1 is 1.12 bits per heavy atom. The van der Waals surface area contributed by atoms with Crippen LogP contribution in [0.4, 0.5) is 5.69 Å². The van der Waals surface area contributed by atoms with Crippen molar-refractivity contribution >= 4 is 35.1 Å². The number of nitro benzene ring substituents is 1. The van der Waals surface area contributed by atoms with Crippen LogP contribution in [0.1, 0.15) is 28.9 Å². The molecule has 0 spiro atoms. The maximum atomic E-state index is 12.2. The van der Waals surface area contributed by atoms with Crippen molar-refractivity contribution in [1.29, 1.82) is 0 Å². The average molecular weight is 480 g/mol. The smallest absolute Gasteiger partial charge is 0.325 e. The van der Waals surface area contributed by atoms with Gasteiger partial charge in [-0.2, -0.15) is 0 Å². The van der Waals surface area contributed by atoms with Gasteiger partial charge in [0.05, 0.1) is 25.2 Å². The van der Waals surface area contributed by atoms with Crippen LogP contribution in [0, 0.1) is 10.1 Å². The summed E-state index contributed by atoms with van der Waals surface area (Å²) in [5.74, 6) is -1.05. The number of hydrogen-bond donors (Lipinski definition) is 2. The van der Waals surface area contributed by atoms with E-state index in [2.05, 4.69) is 10.6 Å². The molecule has 33 heavy (non-hydrogen) atoms. The first kappa shape index (κ1) is 25.4. The number of carbonyl (C=O) groups is 3. The molecule has 0 bridgehead atoms. The SMILES string of the molecule is COc1ccc(OC)c(C(C)NC(=O)COC(=O)CNC(=O)c2ccc(Cl)c([N+](=O)[O-])c2)c1. The number of nitrogens with zero attached hydrogens (tertiary/aromatic N) is 1. The van der Waals surface area contributed by atoms with Crippen LogP contribution in [0.15, 0.2) is 36.4 Å². The van der Waals surface area contributed by atoms with Gasteiger partial charge in [0.25, 0.3) is 17.5 Å². The Labute approximate surface area is 194 Å². The van der Waals surface area contributed by atoms with Crippen molar-refractivity contribution < 1.29 is 33.5 Å². The first-order valence-electron chi connectivity index (χ1n) is 9.55. The fraction of sp³-hybridized carbons (Fsp3) is 0.286. The normalized spacial score (nSPS) is 11.2. The Balaban J connectivity index is 1.85. The number of amides is 2. The van der Waals surface area contributed by atoms with Crippen LogP contribution >= 0.6 is 11.6 Å². The van der Waals surface area contributed by atoms with Crippen molar-refractivity contribution in [2.45, 2.75) is 13.0 Å². The maximum Gasteiger partial charge on any atom is 0.325 e. The monoisotopic (exact) mass is 479 g/mol. The highest BCUT2D eigenvalue weighted by Crippen LogP contribution is 2.29. The van der Waals surface area contributed by atoms with E-state index >= 15 is 0 Å². The summed E-state index contributed by atoms with van der Waals surface area (Å²) in [6, 6.07) is 8.14. The van der Waals surface area contributed by atoms with Crippen LogP contribution < -0.4 is 20.1 Å². The summed E-state index contributed by atoms with van der Waals surface area (Å²) in [6.45, 7) is 0.613. The number of hydrogen-bond acceptors (Lipinski definition) is 8. The number of benzene rings is 2. The van der Waals surface area contributed by atoms with Crippen LogP contribution in [-0.2, 0) is 14.3 Å². The number of esters is 1. The minimum absolute atomic E-state index is 0.0577. The second-order valence-corrected chi connectivity index (χ2v) is 7.07. The van der Waals surface area contributed by atoms with Crippen LogP contribution in [0.3, 0.4) is 0 Å². The Hall–Kier alpha value is -3.86. The molecule has 12 heteroatoms. The number of carbonyl (C=O) groups excluding carboxylic acids is 3. The van der Waals surface area contributed by atoms with Crippen LogP contribution in [0.5, 0.6) is 11.5 Å². The Morgan fingerprint density at radius 3 is 2.48 bits per heavy atom. The van der Waals surface area contributed by atoms with E-state index in [1.54, 1.807) is 25.1 Å². The molecular weight excluding hydrogens is 458 g/mol. The highest BCUT2D eigenvalue weighted by atomic mass is 35.5. The summed E-state index contributed by atoms with van der Waals surface area (Å²) in [7, 11) is 3.01. The first-order chi connectivity index (χ1) is 15.7. The molecule has 0 heterocycles. The third-order valence-electron chi connectivity index (χ3n) is 4.44. The van der Waals surface area contributed by atoms with E-state index in [4.69, 9.17) is 25.8 Å². The third kappa shape index (κ3) is 7.07. The van der Waals surface area contributed by atoms with Gasteiger partial charge >= 0.3 is 5.97 Å². The second-order valence-electron chi connectivity index (χ2n) is 6.66. The highest BCUT2D eigenvalue weighted by molar-refractivity contribution is 6.32. The van der Waals surface area contributed by atoms with E-state index in [9.17, 15) is 24.5 Å². The number of nitrogens with one attached hydrogen (secondary N) is 2.